The molecule has 168 valence electrons. The summed E-state index contributed by atoms with van der Waals surface area (Å²) in [6.07, 6.45) is 3.21. The van der Waals surface area contributed by atoms with Crippen LogP contribution in [0.2, 0.25) is 5.02 Å². The molecule has 7 heteroatoms. The number of rotatable bonds is 8. The molecule has 1 N–H and O–H groups in total. The first-order valence-electron chi connectivity index (χ1n) is 10.8. The van der Waals surface area contributed by atoms with Crippen molar-refractivity contribution in [3.63, 3.8) is 0 Å². The second-order valence-corrected chi connectivity index (χ2v) is 8.20. The predicted molar refractivity (Wildman–Crippen MR) is 126 cm³/mol. The number of carbonyl (C=O) groups excluding carboxylic acids is 2. The number of halogens is 2. The van der Waals surface area contributed by atoms with Crippen LogP contribution in [0.15, 0.2) is 66.9 Å². The van der Waals surface area contributed by atoms with Crippen LogP contribution in [0.3, 0.4) is 0 Å². The molecule has 0 aliphatic heterocycles. The molecule has 33 heavy (non-hydrogen) atoms. The largest absolute Gasteiger partial charge is 0.347 e. The second-order valence-electron chi connectivity index (χ2n) is 7.77. The topological polar surface area (TPSA) is 63.5 Å². The summed E-state index contributed by atoms with van der Waals surface area (Å²) in [7, 11) is 0. The highest BCUT2D eigenvalue weighted by Gasteiger charge is 2.18. The van der Waals surface area contributed by atoms with E-state index in [1.807, 2.05) is 13.0 Å². The highest BCUT2D eigenvalue weighted by atomic mass is 35.5. The molecule has 0 spiro atoms. The number of hydrogen-bond donors (Lipinski definition) is 1. The number of Topliss-reactive ketones (excluding diaryl/α,β-unsaturated/α-hetero) is 1. The van der Waals surface area contributed by atoms with Crippen molar-refractivity contribution in [3.8, 4) is 0 Å². The number of ketones is 1. The Labute approximate surface area is 196 Å². The Bertz CT molecular complexity index is 1320. The zero-order valence-electron chi connectivity index (χ0n) is 18.1. The number of fused-ring (bicyclic) bond motifs is 1. The first-order valence-corrected chi connectivity index (χ1v) is 11.1. The summed E-state index contributed by atoms with van der Waals surface area (Å²) in [5.74, 6) is -0.534. The Morgan fingerprint density at radius 3 is 2.61 bits per heavy atom. The van der Waals surface area contributed by atoms with Crippen molar-refractivity contribution in [2.24, 2.45) is 0 Å². The van der Waals surface area contributed by atoms with Gasteiger partial charge in [-0.15, -0.1) is 0 Å². The quantitative estimate of drug-likeness (QED) is 0.354. The zero-order valence-corrected chi connectivity index (χ0v) is 18.9. The molecule has 0 saturated carbocycles. The van der Waals surface area contributed by atoms with Crippen LogP contribution in [-0.2, 0) is 19.4 Å². The van der Waals surface area contributed by atoms with Crippen LogP contribution >= 0.6 is 11.6 Å². The average molecular weight is 464 g/mol. The van der Waals surface area contributed by atoms with Crippen molar-refractivity contribution in [1.29, 1.82) is 0 Å². The van der Waals surface area contributed by atoms with Crippen molar-refractivity contribution in [1.82, 2.24) is 14.7 Å². The molecule has 0 atom stereocenters. The van der Waals surface area contributed by atoms with E-state index >= 15 is 0 Å². The van der Waals surface area contributed by atoms with Crippen LogP contribution in [0, 0.1) is 5.82 Å². The number of hydrogen-bond acceptors (Lipinski definition) is 3. The lowest BCUT2D eigenvalue weighted by molar-refractivity contribution is 0.0943. The molecule has 2 heterocycles. The molecule has 0 radical (unpaired) electrons. The number of nitrogens with zero attached hydrogens (tertiary/aromatic N) is 2. The van der Waals surface area contributed by atoms with Crippen molar-refractivity contribution in [2.45, 2.75) is 32.7 Å². The van der Waals surface area contributed by atoms with E-state index in [9.17, 15) is 14.0 Å². The van der Waals surface area contributed by atoms with Crippen LogP contribution in [0.4, 0.5) is 4.39 Å². The fourth-order valence-electron chi connectivity index (χ4n) is 3.73. The number of nitrogens with one attached hydrogen (secondary N) is 1. The van der Waals surface area contributed by atoms with Gasteiger partial charge in [0, 0.05) is 35.8 Å². The van der Waals surface area contributed by atoms with E-state index in [2.05, 4.69) is 10.3 Å². The number of imidazole rings is 1. The van der Waals surface area contributed by atoms with Gasteiger partial charge in [0.1, 0.15) is 17.2 Å². The van der Waals surface area contributed by atoms with Gasteiger partial charge in [-0.1, -0.05) is 48.9 Å². The van der Waals surface area contributed by atoms with Gasteiger partial charge in [-0.3, -0.25) is 14.0 Å². The van der Waals surface area contributed by atoms with Gasteiger partial charge in [0.05, 0.1) is 5.69 Å². The van der Waals surface area contributed by atoms with Gasteiger partial charge in [-0.2, -0.15) is 0 Å². The number of amides is 1. The predicted octanol–water partition coefficient (Wildman–Crippen LogP) is 5.43. The van der Waals surface area contributed by atoms with Crippen LogP contribution in [0.5, 0.6) is 0 Å². The molecule has 0 aliphatic rings. The Kier molecular flexibility index (Phi) is 6.84. The van der Waals surface area contributed by atoms with E-state index in [1.54, 1.807) is 53.1 Å². The zero-order chi connectivity index (χ0) is 23.4. The molecule has 2 aromatic carbocycles. The fraction of sp³-hybridized carbons (Fsp3) is 0.192. The minimum atomic E-state index is -0.293. The minimum absolute atomic E-state index is 0.000524. The number of benzene rings is 2. The molecule has 5 nitrogen and oxygen atoms in total. The normalized spacial score (nSPS) is 11.0. The van der Waals surface area contributed by atoms with Gasteiger partial charge < -0.3 is 5.32 Å². The second kappa shape index (κ2) is 9.96. The molecule has 0 unspecified atom stereocenters. The summed E-state index contributed by atoms with van der Waals surface area (Å²) >= 11 is 6.05. The van der Waals surface area contributed by atoms with Crippen LogP contribution in [-0.4, -0.2) is 21.1 Å². The van der Waals surface area contributed by atoms with Crippen molar-refractivity contribution < 1.29 is 14.0 Å². The summed E-state index contributed by atoms with van der Waals surface area (Å²) in [5, 5.41) is 3.49. The average Bonchev–Trinajstić information content (AvgIpc) is 3.20. The van der Waals surface area contributed by atoms with Crippen LogP contribution in [0.25, 0.3) is 5.65 Å². The number of aryl methyl sites for hydroxylation is 2. The van der Waals surface area contributed by atoms with E-state index in [4.69, 9.17) is 11.6 Å². The summed E-state index contributed by atoms with van der Waals surface area (Å²) in [5.41, 5.74) is 4.12. The Morgan fingerprint density at radius 2 is 1.85 bits per heavy atom. The Morgan fingerprint density at radius 1 is 1.06 bits per heavy atom. The lowest BCUT2D eigenvalue weighted by Gasteiger charge is -2.08. The lowest BCUT2D eigenvalue weighted by Crippen LogP contribution is -2.25. The number of carbonyl (C=O) groups is 2. The minimum Gasteiger partial charge on any atom is -0.347 e. The molecule has 4 aromatic rings. The third-order valence-electron chi connectivity index (χ3n) is 5.47. The molecule has 1 amide bonds. The van der Waals surface area contributed by atoms with Gasteiger partial charge in [0.25, 0.3) is 5.91 Å². The molecule has 4 rings (SSSR count). The maximum absolute atomic E-state index is 13.0. The Balaban J connectivity index is 1.42. The highest BCUT2D eigenvalue weighted by Crippen LogP contribution is 2.18. The van der Waals surface area contributed by atoms with Gasteiger partial charge >= 0.3 is 0 Å². The van der Waals surface area contributed by atoms with Gasteiger partial charge in [0.2, 0.25) is 0 Å². The molecular weight excluding hydrogens is 441 g/mol. The van der Waals surface area contributed by atoms with Crippen LogP contribution < -0.4 is 5.32 Å². The maximum atomic E-state index is 13.0. The standard InChI is InChI=1S/C26H23ClFN3O2/c1-2-22-25(31-13-12-20(27)15-24(31)30-22)26(33)29-16-18-4-3-5-19(14-18)23(32)11-8-17-6-9-21(28)10-7-17/h3-7,9-10,12-15H,2,8,11,16H2,1H3,(H,29,33). The SMILES string of the molecule is CCc1nc2cc(Cl)ccn2c1C(=O)NCc1cccc(C(=O)CCc2ccc(F)cc2)c1. The Hall–Kier alpha value is -3.51. The van der Waals surface area contributed by atoms with Crippen molar-refractivity contribution in [3.05, 3.63) is 106 Å². The molecule has 2 aromatic heterocycles. The molecular formula is C26H23ClFN3O2. The first kappa shape index (κ1) is 22.7. The molecule has 0 fully saturated rings. The van der Waals surface area contributed by atoms with E-state index in [-0.39, 0.29) is 24.1 Å². The number of aromatic nitrogens is 2. The van der Waals surface area contributed by atoms with E-state index in [1.165, 1.54) is 12.1 Å². The van der Waals surface area contributed by atoms with Gasteiger partial charge in [-0.25, -0.2) is 9.37 Å². The van der Waals surface area contributed by atoms with E-state index in [0.29, 0.717) is 46.9 Å². The molecule has 0 saturated heterocycles. The monoisotopic (exact) mass is 463 g/mol. The maximum Gasteiger partial charge on any atom is 0.270 e. The fourth-order valence-corrected chi connectivity index (χ4v) is 3.88. The third-order valence-corrected chi connectivity index (χ3v) is 5.70. The highest BCUT2D eigenvalue weighted by molar-refractivity contribution is 6.30. The van der Waals surface area contributed by atoms with Crippen molar-refractivity contribution in [2.75, 3.05) is 0 Å². The van der Waals surface area contributed by atoms with Crippen LogP contribution in [0.1, 0.15) is 51.0 Å². The third kappa shape index (κ3) is 5.29. The smallest absolute Gasteiger partial charge is 0.270 e. The summed E-state index contributed by atoms with van der Waals surface area (Å²) in [4.78, 5) is 30.1. The summed E-state index contributed by atoms with van der Waals surface area (Å²) < 4.78 is 14.8. The molecule has 0 aliphatic carbocycles. The molecule has 0 bridgehead atoms. The summed E-state index contributed by atoms with van der Waals surface area (Å²) in [6, 6.07) is 16.8. The van der Waals surface area contributed by atoms with E-state index < -0.39 is 0 Å². The summed E-state index contributed by atoms with van der Waals surface area (Å²) in [6.45, 7) is 2.23. The van der Waals surface area contributed by atoms with E-state index in [0.717, 1.165) is 11.1 Å². The lowest BCUT2D eigenvalue weighted by atomic mass is 10.0. The first-order chi connectivity index (χ1) is 15.9. The van der Waals surface area contributed by atoms with Gasteiger partial charge in [0.15, 0.2) is 5.78 Å². The van der Waals surface area contributed by atoms with Gasteiger partial charge in [-0.05, 0) is 48.2 Å². The van der Waals surface area contributed by atoms with Crippen molar-refractivity contribution >= 4 is 28.9 Å². The number of pyridine rings is 1.